The van der Waals surface area contributed by atoms with Crippen LogP contribution in [0.3, 0.4) is 0 Å². The molecule has 4 rings (SSSR count). The van der Waals surface area contributed by atoms with Gasteiger partial charge >= 0.3 is 0 Å². The molecule has 0 bridgehead atoms. The fraction of sp³-hybridized carbons (Fsp3) is 0.0833. The number of hydrogen-bond acceptors (Lipinski definition) is 1. The first kappa shape index (κ1) is 18.6. The summed E-state index contributed by atoms with van der Waals surface area (Å²) in [5, 5.41) is 1.65. The maximum absolute atomic E-state index is 14.8. The van der Waals surface area contributed by atoms with Crippen LogP contribution >= 0.6 is 15.9 Å². The molecule has 1 nitrogen and oxygen atoms in total. The minimum Gasteiger partial charge on any atom is -0.496 e. The van der Waals surface area contributed by atoms with E-state index in [0.29, 0.717) is 22.4 Å². The number of rotatable bonds is 3. The maximum atomic E-state index is 14.8. The van der Waals surface area contributed by atoms with Crippen LogP contribution in [0.15, 0.2) is 71.2 Å². The Kier molecular flexibility index (Phi) is 4.90. The van der Waals surface area contributed by atoms with Gasteiger partial charge in [-0.15, -0.1) is 0 Å². The molecule has 0 fully saturated rings. The monoisotopic (exact) mass is 438 g/mol. The average molecular weight is 439 g/mol. The second kappa shape index (κ2) is 7.36. The molecule has 4 aromatic carbocycles. The molecule has 0 saturated heterocycles. The van der Waals surface area contributed by atoms with E-state index in [1.165, 1.54) is 12.1 Å². The van der Waals surface area contributed by atoms with E-state index in [0.717, 1.165) is 26.4 Å². The second-order valence-corrected chi connectivity index (χ2v) is 7.47. The Hall–Kier alpha value is -2.72. The van der Waals surface area contributed by atoms with E-state index in [9.17, 15) is 8.78 Å². The molecule has 0 unspecified atom stereocenters. The van der Waals surface area contributed by atoms with Crippen LogP contribution in [0.1, 0.15) is 5.56 Å². The van der Waals surface area contributed by atoms with Gasteiger partial charge < -0.3 is 4.74 Å². The highest BCUT2D eigenvalue weighted by Crippen LogP contribution is 2.47. The summed E-state index contributed by atoms with van der Waals surface area (Å²) in [6.45, 7) is 1.88. The minimum atomic E-state index is -0.327. The maximum Gasteiger partial charge on any atom is 0.131 e. The van der Waals surface area contributed by atoms with E-state index >= 15 is 0 Å². The highest BCUT2D eigenvalue weighted by atomic mass is 79.9. The van der Waals surface area contributed by atoms with Gasteiger partial charge in [-0.05, 0) is 47.5 Å². The largest absolute Gasteiger partial charge is 0.496 e. The van der Waals surface area contributed by atoms with Gasteiger partial charge in [-0.2, -0.15) is 0 Å². The van der Waals surface area contributed by atoms with Gasteiger partial charge in [0.05, 0.1) is 7.11 Å². The Bertz CT molecular complexity index is 1200. The lowest BCUT2D eigenvalue weighted by molar-refractivity contribution is 0.414. The normalized spacial score (nSPS) is 11.0. The van der Waals surface area contributed by atoms with Crippen molar-refractivity contribution in [2.75, 3.05) is 7.11 Å². The first-order valence-corrected chi connectivity index (χ1v) is 9.62. The van der Waals surface area contributed by atoms with Crippen molar-refractivity contribution < 1.29 is 13.5 Å². The van der Waals surface area contributed by atoms with Crippen molar-refractivity contribution in [2.24, 2.45) is 0 Å². The summed E-state index contributed by atoms with van der Waals surface area (Å²) in [5.74, 6) is -0.109. The molecule has 140 valence electrons. The molecule has 0 radical (unpaired) electrons. The van der Waals surface area contributed by atoms with E-state index in [1.807, 2.05) is 31.2 Å². The van der Waals surface area contributed by atoms with E-state index in [2.05, 4.69) is 15.9 Å². The zero-order valence-electron chi connectivity index (χ0n) is 15.4. The topological polar surface area (TPSA) is 9.23 Å². The lowest BCUT2D eigenvalue weighted by Crippen LogP contribution is -1.99. The number of hydrogen-bond donors (Lipinski definition) is 0. The highest BCUT2D eigenvalue weighted by molar-refractivity contribution is 9.10. The summed E-state index contributed by atoms with van der Waals surface area (Å²) in [5.41, 5.74) is 3.11. The van der Waals surface area contributed by atoms with E-state index in [-0.39, 0.29) is 11.6 Å². The molecular formula is C24H17BrF2O. The molecule has 4 heteroatoms. The number of halogens is 3. The molecule has 28 heavy (non-hydrogen) atoms. The molecule has 0 atom stereocenters. The Morgan fingerprint density at radius 1 is 0.750 bits per heavy atom. The van der Waals surface area contributed by atoms with Gasteiger partial charge in [0.15, 0.2) is 0 Å². The van der Waals surface area contributed by atoms with Crippen LogP contribution in [0, 0.1) is 18.6 Å². The number of fused-ring (bicyclic) bond motifs is 1. The van der Waals surface area contributed by atoms with Gasteiger partial charge in [0.1, 0.15) is 17.4 Å². The highest BCUT2D eigenvalue weighted by Gasteiger charge is 2.22. The van der Waals surface area contributed by atoms with E-state index in [1.54, 1.807) is 37.4 Å². The molecule has 0 spiro atoms. The summed E-state index contributed by atoms with van der Waals surface area (Å²) in [4.78, 5) is 0. The summed E-state index contributed by atoms with van der Waals surface area (Å²) in [6, 6.07) is 19.1. The number of ether oxygens (including phenoxy) is 1. The quantitative estimate of drug-likeness (QED) is 0.321. The van der Waals surface area contributed by atoms with Gasteiger partial charge in [-0.1, -0.05) is 58.4 Å². The molecule has 0 aliphatic heterocycles. The van der Waals surface area contributed by atoms with Crippen molar-refractivity contribution in [1.82, 2.24) is 0 Å². The molecule has 0 saturated carbocycles. The third kappa shape index (κ3) is 2.98. The molecule has 0 aliphatic carbocycles. The molecule has 0 heterocycles. The van der Waals surface area contributed by atoms with Crippen molar-refractivity contribution in [3.05, 3.63) is 88.4 Å². The lowest BCUT2D eigenvalue weighted by atomic mass is 9.87. The Balaban J connectivity index is 2.19. The van der Waals surface area contributed by atoms with Crippen molar-refractivity contribution in [2.45, 2.75) is 6.92 Å². The SMILES string of the molecule is COc1c(C)c(-c2cc(Br)ccc2F)c2ccccc2c1-c1ccccc1F. The van der Waals surface area contributed by atoms with Crippen molar-refractivity contribution >= 4 is 26.7 Å². The fourth-order valence-corrected chi connectivity index (χ4v) is 4.13. The zero-order chi connectivity index (χ0) is 19.8. The molecule has 0 aromatic heterocycles. The number of methoxy groups -OCH3 is 1. The smallest absolute Gasteiger partial charge is 0.131 e. The third-order valence-electron chi connectivity index (χ3n) is 4.95. The standard InChI is InChI=1S/C24H17BrF2O/c1-14-22(19-13-15(25)11-12-21(19)27)16-7-3-4-8-17(16)23(24(14)28-2)18-9-5-6-10-20(18)26/h3-13H,1-2H3. The Labute approximate surface area is 170 Å². The van der Waals surface area contributed by atoms with Crippen molar-refractivity contribution in [1.29, 1.82) is 0 Å². The first-order valence-electron chi connectivity index (χ1n) is 8.82. The lowest BCUT2D eigenvalue weighted by Gasteiger charge is -2.21. The van der Waals surface area contributed by atoms with Crippen LogP contribution in [0.2, 0.25) is 0 Å². The predicted molar refractivity (Wildman–Crippen MR) is 114 cm³/mol. The molecule has 0 N–H and O–H groups in total. The van der Waals surface area contributed by atoms with Crippen molar-refractivity contribution in [3.8, 4) is 28.0 Å². The van der Waals surface area contributed by atoms with Gasteiger partial charge in [0, 0.05) is 26.7 Å². The Morgan fingerprint density at radius 2 is 1.36 bits per heavy atom. The first-order chi connectivity index (χ1) is 13.5. The summed E-state index contributed by atoms with van der Waals surface area (Å²) in [7, 11) is 1.56. The van der Waals surface area contributed by atoms with Crippen molar-refractivity contribution in [3.63, 3.8) is 0 Å². The molecular weight excluding hydrogens is 422 g/mol. The van der Waals surface area contributed by atoms with Crippen LogP contribution in [0.25, 0.3) is 33.0 Å². The third-order valence-corrected chi connectivity index (χ3v) is 5.45. The zero-order valence-corrected chi connectivity index (χ0v) is 17.0. The van der Waals surface area contributed by atoms with Gasteiger partial charge in [0.2, 0.25) is 0 Å². The molecule has 0 amide bonds. The summed E-state index contributed by atoms with van der Waals surface area (Å²) >= 11 is 3.43. The van der Waals surface area contributed by atoms with E-state index in [4.69, 9.17) is 4.74 Å². The van der Waals surface area contributed by atoms with E-state index < -0.39 is 0 Å². The van der Waals surface area contributed by atoms with Gasteiger partial charge in [-0.25, -0.2) is 8.78 Å². The number of benzene rings is 4. The van der Waals surface area contributed by atoms with Crippen LogP contribution in [0.4, 0.5) is 8.78 Å². The fourth-order valence-electron chi connectivity index (χ4n) is 3.77. The minimum absolute atomic E-state index is 0.322. The van der Waals surface area contributed by atoms with Crippen LogP contribution in [-0.2, 0) is 0 Å². The van der Waals surface area contributed by atoms with Crippen LogP contribution in [-0.4, -0.2) is 7.11 Å². The molecule has 4 aromatic rings. The van der Waals surface area contributed by atoms with Gasteiger partial charge in [-0.3, -0.25) is 0 Å². The van der Waals surface area contributed by atoms with Gasteiger partial charge in [0.25, 0.3) is 0 Å². The Morgan fingerprint density at radius 3 is 2.04 bits per heavy atom. The predicted octanol–water partition coefficient (Wildman–Crippen LogP) is 7.53. The summed E-state index contributed by atoms with van der Waals surface area (Å²) < 4.78 is 35.9. The van der Waals surface area contributed by atoms with Crippen LogP contribution < -0.4 is 4.74 Å². The average Bonchev–Trinajstić information content (AvgIpc) is 2.70. The molecule has 0 aliphatic rings. The summed E-state index contributed by atoms with van der Waals surface area (Å²) in [6.07, 6.45) is 0. The second-order valence-electron chi connectivity index (χ2n) is 6.56. The van der Waals surface area contributed by atoms with Crippen LogP contribution in [0.5, 0.6) is 5.75 Å².